The molecule has 1 fully saturated rings. The van der Waals surface area contributed by atoms with Crippen LogP contribution in [0.25, 0.3) is 0 Å². The van der Waals surface area contributed by atoms with Crippen molar-refractivity contribution in [1.82, 2.24) is 19.8 Å². The highest BCUT2D eigenvalue weighted by Crippen LogP contribution is 2.17. The molecule has 3 rings (SSSR count). The Morgan fingerprint density at radius 1 is 1.04 bits per heavy atom. The van der Waals surface area contributed by atoms with Gasteiger partial charge in [0.25, 0.3) is 0 Å². The highest BCUT2D eigenvalue weighted by Gasteiger charge is 2.17. The maximum Gasteiger partial charge on any atom is 0.243 e. The van der Waals surface area contributed by atoms with E-state index in [0.717, 1.165) is 5.56 Å². The normalized spacial score (nSPS) is 16.5. The van der Waals surface area contributed by atoms with Gasteiger partial charge in [-0.05, 0) is 18.4 Å². The van der Waals surface area contributed by atoms with Gasteiger partial charge in [-0.15, -0.1) is 0 Å². The summed E-state index contributed by atoms with van der Waals surface area (Å²) >= 11 is 0. The van der Waals surface area contributed by atoms with Crippen LogP contribution in [-0.2, 0) is 16.6 Å². The van der Waals surface area contributed by atoms with Crippen LogP contribution >= 0.6 is 0 Å². The zero-order chi connectivity index (χ0) is 18.2. The molecule has 0 unspecified atom stereocenters. The summed E-state index contributed by atoms with van der Waals surface area (Å²) in [5.74, 6) is 0. The van der Waals surface area contributed by atoms with Crippen LogP contribution in [0.15, 0.2) is 47.6 Å². The Morgan fingerprint density at radius 3 is 2.50 bits per heavy atom. The Balaban J connectivity index is 1.47. The molecule has 26 heavy (non-hydrogen) atoms. The Labute approximate surface area is 156 Å². The molecular weight excluding hydrogens is 348 g/mol. The first-order valence-corrected chi connectivity index (χ1v) is 10.9. The molecule has 1 aromatic carbocycles. The van der Waals surface area contributed by atoms with Gasteiger partial charge in [-0.1, -0.05) is 56.0 Å². The second-order valence-corrected chi connectivity index (χ2v) is 8.67. The SMILES string of the molecule is O=S(=O)(NCCNC1CCCCCC1)c1cnn(Cc2ccccc2)c1. The first-order chi connectivity index (χ1) is 12.6. The Kier molecular flexibility index (Phi) is 6.82. The number of nitrogens with zero attached hydrogens (tertiary/aromatic N) is 2. The molecule has 0 aliphatic heterocycles. The lowest BCUT2D eigenvalue weighted by molar-refractivity contribution is 0.461. The van der Waals surface area contributed by atoms with Crippen molar-refractivity contribution in [2.45, 2.75) is 56.0 Å². The van der Waals surface area contributed by atoms with E-state index in [1.54, 1.807) is 10.9 Å². The van der Waals surface area contributed by atoms with Crippen LogP contribution in [0.2, 0.25) is 0 Å². The van der Waals surface area contributed by atoms with Gasteiger partial charge in [0.15, 0.2) is 0 Å². The first-order valence-electron chi connectivity index (χ1n) is 9.43. The van der Waals surface area contributed by atoms with Crippen molar-refractivity contribution < 1.29 is 8.42 Å². The zero-order valence-corrected chi connectivity index (χ0v) is 15.9. The van der Waals surface area contributed by atoms with Crippen LogP contribution in [0.4, 0.5) is 0 Å². The van der Waals surface area contributed by atoms with E-state index in [1.165, 1.54) is 44.7 Å². The number of aromatic nitrogens is 2. The average molecular weight is 377 g/mol. The molecule has 0 radical (unpaired) electrons. The summed E-state index contributed by atoms with van der Waals surface area (Å²) in [6, 6.07) is 10.4. The summed E-state index contributed by atoms with van der Waals surface area (Å²) < 4.78 is 29.1. The van der Waals surface area contributed by atoms with E-state index >= 15 is 0 Å². The highest BCUT2D eigenvalue weighted by molar-refractivity contribution is 7.89. The second-order valence-electron chi connectivity index (χ2n) is 6.90. The minimum atomic E-state index is -3.52. The van der Waals surface area contributed by atoms with E-state index in [2.05, 4.69) is 15.1 Å². The number of benzene rings is 1. The molecule has 142 valence electrons. The second kappa shape index (κ2) is 9.30. The van der Waals surface area contributed by atoms with Gasteiger partial charge in [-0.25, -0.2) is 13.1 Å². The van der Waals surface area contributed by atoms with E-state index in [9.17, 15) is 8.42 Å². The van der Waals surface area contributed by atoms with Crippen molar-refractivity contribution in [3.05, 3.63) is 48.3 Å². The largest absolute Gasteiger partial charge is 0.313 e. The Hall–Kier alpha value is -1.70. The summed E-state index contributed by atoms with van der Waals surface area (Å²) in [6.45, 7) is 1.60. The summed E-state index contributed by atoms with van der Waals surface area (Å²) in [4.78, 5) is 0.211. The highest BCUT2D eigenvalue weighted by atomic mass is 32.2. The van der Waals surface area contributed by atoms with Crippen LogP contribution in [0.5, 0.6) is 0 Å². The van der Waals surface area contributed by atoms with Crippen LogP contribution in [0.1, 0.15) is 44.1 Å². The maximum absolute atomic E-state index is 12.4. The number of hydrogen-bond acceptors (Lipinski definition) is 4. The number of hydrogen-bond donors (Lipinski definition) is 2. The van der Waals surface area contributed by atoms with Crippen molar-refractivity contribution in [3.63, 3.8) is 0 Å². The Bertz CT molecular complexity index is 766. The van der Waals surface area contributed by atoms with Gasteiger partial charge in [-0.3, -0.25) is 4.68 Å². The monoisotopic (exact) mass is 376 g/mol. The summed E-state index contributed by atoms with van der Waals surface area (Å²) in [5.41, 5.74) is 1.08. The molecule has 1 aliphatic carbocycles. The number of sulfonamides is 1. The van der Waals surface area contributed by atoms with Gasteiger partial charge >= 0.3 is 0 Å². The van der Waals surface area contributed by atoms with Crippen molar-refractivity contribution >= 4 is 10.0 Å². The maximum atomic E-state index is 12.4. The average Bonchev–Trinajstić information content (AvgIpc) is 2.96. The standard InChI is InChI=1S/C19H28N4O2S/c24-26(25,22-13-12-20-18-10-6-1-2-7-11-18)19-14-21-23(16-19)15-17-8-4-3-5-9-17/h3-5,8-9,14,16,18,20,22H,1-2,6-7,10-13,15H2. The molecule has 1 aromatic heterocycles. The van der Waals surface area contributed by atoms with Gasteiger partial charge in [-0.2, -0.15) is 5.10 Å². The third-order valence-electron chi connectivity index (χ3n) is 4.81. The predicted octanol–water partition coefficient (Wildman–Crippen LogP) is 2.52. The minimum Gasteiger partial charge on any atom is -0.313 e. The molecule has 1 aliphatic rings. The summed E-state index contributed by atoms with van der Waals surface area (Å²) in [5, 5.41) is 7.65. The van der Waals surface area contributed by atoms with Gasteiger partial charge in [0.1, 0.15) is 4.90 Å². The number of rotatable bonds is 8. The molecule has 1 heterocycles. The van der Waals surface area contributed by atoms with E-state index in [0.29, 0.717) is 25.7 Å². The quantitative estimate of drug-likeness (QED) is 0.548. The molecule has 0 bridgehead atoms. The van der Waals surface area contributed by atoms with Crippen molar-refractivity contribution in [2.24, 2.45) is 0 Å². The zero-order valence-electron chi connectivity index (χ0n) is 15.1. The summed E-state index contributed by atoms with van der Waals surface area (Å²) in [6.07, 6.45) is 10.5. The molecule has 7 heteroatoms. The lowest BCUT2D eigenvalue weighted by Gasteiger charge is -2.16. The smallest absolute Gasteiger partial charge is 0.243 e. The fourth-order valence-corrected chi connectivity index (χ4v) is 4.35. The van der Waals surface area contributed by atoms with Crippen LogP contribution in [0, 0.1) is 0 Å². The van der Waals surface area contributed by atoms with Crippen molar-refractivity contribution in [1.29, 1.82) is 0 Å². The topological polar surface area (TPSA) is 76.0 Å². The molecule has 6 nitrogen and oxygen atoms in total. The molecule has 0 amide bonds. The van der Waals surface area contributed by atoms with Gasteiger partial charge in [0.05, 0.1) is 12.7 Å². The minimum absolute atomic E-state index is 0.211. The predicted molar refractivity (Wildman–Crippen MR) is 102 cm³/mol. The van der Waals surface area contributed by atoms with Crippen molar-refractivity contribution in [2.75, 3.05) is 13.1 Å². The number of nitrogens with one attached hydrogen (secondary N) is 2. The van der Waals surface area contributed by atoms with Gasteiger partial charge < -0.3 is 5.32 Å². The van der Waals surface area contributed by atoms with Crippen molar-refractivity contribution in [3.8, 4) is 0 Å². The lowest BCUT2D eigenvalue weighted by atomic mass is 10.1. The van der Waals surface area contributed by atoms with Gasteiger partial charge in [0, 0.05) is 25.3 Å². The third kappa shape index (κ3) is 5.65. The van der Waals surface area contributed by atoms with Gasteiger partial charge in [0.2, 0.25) is 10.0 Å². The molecular formula is C19H28N4O2S. The van der Waals surface area contributed by atoms with E-state index in [1.807, 2.05) is 30.3 Å². The molecule has 0 atom stereocenters. The van der Waals surface area contributed by atoms with Crippen LogP contribution in [-0.4, -0.2) is 37.3 Å². The lowest BCUT2D eigenvalue weighted by Crippen LogP contribution is -2.36. The van der Waals surface area contributed by atoms with E-state index < -0.39 is 10.0 Å². The molecule has 0 saturated heterocycles. The fourth-order valence-electron chi connectivity index (χ4n) is 3.37. The van der Waals surface area contributed by atoms with Crippen LogP contribution in [0.3, 0.4) is 0 Å². The fraction of sp³-hybridized carbons (Fsp3) is 0.526. The van der Waals surface area contributed by atoms with Crippen LogP contribution < -0.4 is 10.0 Å². The molecule has 0 spiro atoms. The first kappa shape index (κ1) is 19.1. The molecule has 2 N–H and O–H groups in total. The molecule has 2 aromatic rings. The summed E-state index contributed by atoms with van der Waals surface area (Å²) in [7, 11) is -3.52. The van der Waals surface area contributed by atoms with E-state index in [-0.39, 0.29) is 4.90 Å². The third-order valence-corrected chi connectivity index (χ3v) is 6.23. The Morgan fingerprint density at radius 2 is 1.77 bits per heavy atom. The van der Waals surface area contributed by atoms with E-state index in [4.69, 9.17) is 0 Å². The molecule has 1 saturated carbocycles.